The van der Waals surface area contributed by atoms with Gasteiger partial charge in [-0.1, -0.05) is 29.8 Å². The van der Waals surface area contributed by atoms with Crippen molar-refractivity contribution >= 4 is 38.9 Å². The molecular formula is C18H21ClN2O4S. The van der Waals surface area contributed by atoms with Crippen LogP contribution in [-0.4, -0.2) is 40.8 Å². The Bertz CT molecular complexity index is 887. The molecule has 0 aromatic heterocycles. The second-order valence-electron chi connectivity index (χ2n) is 5.79. The Morgan fingerprint density at radius 1 is 1.12 bits per heavy atom. The van der Waals surface area contributed by atoms with Gasteiger partial charge in [0.1, 0.15) is 11.8 Å². The molecule has 2 aromatic carbocycles. The van der Waals surface area contributed by atoms with E-state index in [4.69, 9.17) is 16.3 Å². The molecule has 0 bridgehead atoms. The Hall–Kier alpha value is -2.25. The minimum atomic E-state index is -3.73. The van der Waals surface area contributed by atoms with Gasteiger partial charge in [0.2, 0.25) is 15.9 Å². The molecule has 140 valence electrons. The van der Waals surface area contributed by atoms with Crippen molar-refractivity contribution in [2.45, 2.75) is 13.0 Å². The van der Waals surface area contributed by atoms with Crippen LogP contribution in [-0.2, 0) is 14.8 Å². The Morgan fingerprint density at radius 2 is 1.73 bits per heavy atom. The van der Waals surface area contributed by atoms with Crippen molar-refractivity contribution in [3.05, 3.63) is 53.6 Å². The lowest BCUT2D eigenvalue weighted by atomic mass is 10.2. The predicted molar refractivity (Wildman–Crippen MR) is 105 cm³/mol. The fourth-order valence-corrected chi connectivity index (χ4v) is 4.07. The van der Waals surface area contributed by atoms with Gasteiger partial charge in [-0.15, -0.1) is 0 Å². The summed E-state index contributed by atoms with van der Waals surface area (Å²) < 4.78 is 30.9. The minimum absolute atomic E-state index is 0.259. The van der Waals surface area contributed by atoms with E-state index < -0.39 is 16.1 Å². The summed E-state index contributed by atoms with van der Waals surface area (Å²) in [5.74, 6) is 0.0535. The quantitative estimate of drug-likeness (QED) is 0.752. The first-order valence-electron chi connectivity index (χ1n) is 7.82. The summed E-state index contributed by atoms with van der Waals surface area (Å²) in [5.41, 5.74) is 0.964. The number of ether oxygens (including phenoxy) is 1. The number of para-hydroxylation sites is 1. The van der Waals surface area contributed by atoms with Crippen molar-refractivity contribution in [1.82, 2.24) is 0 Å². The van der Waals surface area contributed by atoms with Crippen molar-refractivity contribution in [3.8, 4) is 5.75 Å². The van der Waals surface area contributed by atoms with Crippen molar-refractivity contribution in [1.29, 1.82) is 0 Å². The van der Waals surface area contributed by atoms with Crippen LogP contribution in [0.3, 0.4) is 0 Å². The monoisotopic (exact) mass is 396 g/mol. The van der Waals surface area contributed by atoms with E-state index in [2.05, 4.69) is 0 Å². The van der Waals surface area contributed by atoms with Crippen LogP contribution in [0, 0.1) is 0 Å². The maximum atomic E-state index is 12.9. The number of halogens is 1. The number of rotatable bonds is 6. The number of sulfonamides is 1. The fraction of sp³-hybridized carbons (Fsp3) is 0.278. The summed E-state index contributed by atoms with van der Waals surface area (Å²) in [7, 11) is -0.653. The number of hydrogen-bond acceptors (Lipinski definition) is 4. The molecule has 0 radical (unpaired) electrons. The molecule has 0 spiro atoms. The van der Waals surface area contributed by atoms with Crippen molar-refractivity contribution < 1.29 is 17.9 Å². The zero-order chi connectivity index (χ0) is 19.5. The Labute approximate surface area is 159 Å². The van der Waals surface area contributed by atoms with Crippen LogP contribution in [0.2, 0.25) is 5.02 Å². The molecule has 0 heterocycles. The normalized spacial score (nSPS) is 12.3. The number of amides is 1. The number of anilines is 2. The third kappa shape index (κ3) is 4.28. The number of carbonyl (C=O) groups excluding carboxylic acids is 1. The number of hydrogen-bond donors (Lipinski definition) is 0. The summed E-state index contributed by atoms with van der Waals surface area (Å²) in [6.07, 6.45) is 1.05. The summed E-state index contributed by atoms with van der Waals surface area (Å²) in [4.78, 5) is 14.3. The number of likely N-dealkylation sites (N-methyl/N-ethyl adjacent to an activating group) is 1. The van der Waals surface area contributed by atoms with E-state index in [9.17, 15) is 13.2 Å². The van der Waals surface area contributed by atoms with Gasteiger partial charge in [-0.05, 0) is 37.3 Å². The Morgan fingerprint density at radius 3 is 2.23 bits per heavy atom. The third-order valence-corrected chi connectivity index (χ3v) is 5.47. The zero-order valence-electron chi connectivity index (χ0n) is 15.0. The summed E-state index contributed by atoms with van der Waals surface area (Å²) in [6.45, 7) is 1.54. The Kier molecular flexibility index (Phi) is 6.15. The minimum Gasteiger partial charge on any atom is -0.495 e. The van der Waals surface area contributed by atoms with Crippen molar-refractivity contribution in [2.75, 3.05) is 29.6 Å². The summed E-state index contributed by atoms with van der Waals surface area (Å²) >= 11 is 6.12. The van der Waals surface area contributed by atoms with Crippen LogP contribution < -0.4 is 13.9 Å². The van der Waals surface area contributed by atoms with Gasteiger partial charge in [0.25, 0.3) is 0 Å². The molecule has 0 aliphatic carbocycles. The molecule has 1 atom stereocenters. The fourth-order valence-electron chi connectivity index (χ4n) is 2.65. The molecule has 2 rings (SSSR count). The number of carbonyl (C=O) groups is 1. The van der Waals surface area contributed by atoms with Gasteiger partial charge in [-0.3, -0.25) is 9.10 Å². The molecule has 0 saturated carbocycles. The lowest BCUT2D eigenvalue weighted by molar-refractivity contribution is -0.119. The molecule has 6 nitrogen and oxygen atoms in total. The number of nitrogens with zero attached hydrogens (tertiary/aromatic N) is 2. The summed E-state index contributed by atoms with van der Waals surface area (Å²) in [5, 5.41) is 0.259. The highest BCUT2D eigenvalue weighted by atomic mass is 35.5. The molecular weight excluding hydrogens is 376 g/mol. The highest BCUT2D eigenvalue weighted by Gasteiger charge is 2.31. The molecule has 0 saturated heterocycles. The van der Waals surface area contributed by atoms with Gasteiger partial charge in [-0.2, -0.15) is 0 Å². The maximum absolute atomic E-state index is 12.9. The molecule has 1 amide bonds. The van der Waals surface area contributed by atoms with Gasteiger partial charge in [0, 0.05) is 12.7 Å². The SMILES string of the molecule is COc1ccc(N([C@@H](C)C(=O)N(C)c2ccccc2)S(C)(=O)=O)cc1Cl. The lowest BCUT2D eigenvalue weighted by Crippen LogP contribution is -2.48. The Balaban J connectivity index is 2.41. The van der Waals surface area contributed by atoms with Crippen LogP contribution >= 0.6 is 11.6 Å². The zero-order valence-corrected chi connectivity index (χ0v) is 16.6. The first kappa shape index (κ1) is 20.1. The van der Waals surface area contributed by atoms with E-state index in [1.165, 1.54) is 18.1 Å². The molecule has 0 N–H and O–H groups in total. The van der Waals surface area contributed by atoms with Crippen LogP contribution in [0.5, 0.6) is 5.75 Å². The highest BCUT2D eigenvalue weighted by Crippen LogP contribution is 2.31. The first-order valence-corrected chi connectivity index (χ1v) is 10.0. The van der Waals surface area contributed by atoms with E-state index in [-0.39, 0.29) is 10.9 Å². The first-order chi connectivity index (χ1) is 12.2. The second kappa shape index (κ2) is 7.97. The number of methoxy groups -OCH3 is 1. The average molecular weight is 397 g/mol. The van der Waals surface area contributed by atoms with Gasteiger partial charge < -0.3 is 9.64 Å². The molecule has 0 aliphatic rings. The topological polar surface area (TPSA) is 66.9 Å². The lowest BCUT2D eigenvalue weighted by Gasteiger charge is -2.31. The molecule has 0 fully saturated rings. The largest absolute Gasteiger partial charge is 0.495 e. The molecule has 0 unspecified atom stereocenters. The molecule has 2 aromatic rings. The van der Waals surface area contributed by atoms with Gasteiger partial charge in [-0.25, -0.2) is 8.42 Å². The van der Waals surface area contributed by atoms with Crippen LogP contribution in [0.1, 0.15) is 6.92 Å². The summed E-state index contributed by atoms with van der Waals surface area (Å²) in [6, 6.07) is 12.6. The smallest absolute Gasteiger partial charge is 0.250 e. The third-order valence-electron chi connectivity index (χ3n) is 3.93. The second-order valence-corrected chi connectivity index (χ2v) is 8.05. The van der Waals surface area contributed by atoms with E-state index in [0.717, 1.165) is 10.6 Å². The van der Waals surface area contributed by atoms with Gasteiger partial charge in [0.15, 0.2) is 0 Å². The van der Waals surface area contributed by atoms with E-state index in [1.807, 2.05) is 6.07 Å². The average Bonchev–Trinajstić information content (AvgIpc) is 2.60. The highest BCUT2D eigenvalue weighted by molar-refractivity contribution is 7.92. The van der Waals surface area contributed by atoms with Gasteiger partial charge >= 0.3 is 0 Å². The van der Waals surface area contributed by atoms with E-state index in [1.54, 1.807) is 50.4 Å². The van der Waals surface area contributed by atoms with Crippen molar-refractivity contribution in [2.24, 2.45) is 0 Å². The van der Waals surface area contributed by atoms with E-state index in [0.29, 0.717) is 17.1 Å². The van der Waals surface area contributed by atoms with E-state index >= 15 is 0 Å². The standard InChI is InChI=1S/C18H21ClN2O4S/c1-13(18(22)20(2)14-8-6-5-7-9-14)21(26(4,23)24)15-10-11-17(25-3)16(19)12-15/h5-13H,1-4H3/t13-/m0/s1. The van der Waals surface area contributed by atoms with Gasteiger partial charge in [0.05, 0.1) is 24.1 Å². The maximum Gasteiger partial charge on any atom is 0.250 e. The molecule has 8 heteroatoms. The number of benzene rings is 2. The van der Waals surface area contributed by atoms with Crippen LogP contribution in [0.25, 0.3) is 0 Å². The van der Waals surface area contributed by atoms with Crippen LogP contribution in [0.15, 0.2) is 48.5 Å². The molecule has 26 heavy (non-hydrogen) atoms. The van der Waals surface area contributed by atoms with Crippen molar-refractivity contribution in [3.63, 3.8) is 0 Å². The predicted octanol–water partition coefficient (Wildman–Crippen LogP) is 3.17. The van der Waals surface area contributed by atoms with Crippen LogP contribution in [0.4, 0.5) is 11.4 Å². The molecule has 0 aliphatic heterocycles.